The summed E-state index contributed by atoms with van der Waals surface area (Å²) in [7, 11) is 2.21. The highest BCUT2D eigenvalue weighted by Gasteiger charge is 2.33. The summed E-state index contributed by atoms with van der Waals surface area (Å²) in [5.74, 6) is 0.724. The van der Waals surface area contributed by atoms with Gasteiger partial charge in [-0.15, -0.1) is 0 Å². The molecule has 0 aromatic heterocycles. The monoisotopic (exact) mass is 279 g/mol. The van der Waals surface area contributed by atoms with E-state index >= 15 is 0 Å². The molecule has 0 aliphatic carbocycles. The lowest BCUT2D eigenvalue weighted by atomic mass is 9.93. The Labute approximate surface area is 123 Å². The van der Waals surface area contributed by atoms with Crippen LogP contribution in [0.1, 0.15) is 38.5 Å². The zero-order valence-electron chi connectivity index (χ0n) is 12.9. The number of amides is 1. The lowest BCUT2D eigenvalue weighted by molar-refractivity contribution is -0.136. The topological polar surface area (TPSA) is 26.8 Å². The number of rotatable bonds is 2. The molecule has 0 saturated carbocycles. The maximum absolute atomic E-state index is 12.6. The van der Waals surface area contributed by atoms with Crippen molar-refractivity contribution >= 4 is 5.91 Å². The van der Waals surface area contributed by atoms with Crippen molar-refractivity contribution in [3.63, 3.8) is 0 Å². The van der Waals surface area contributed by atoms with E-state index in [1.165, 1.54) is 51.7 Å². The van der Waals surface area contributed by atoms with E-state index in [9.17, 15) is 4.79 Å². The van der Waals surface area contributed by atoms with Crippen molar-refractivity contribution in [3.8, 4) is 0 Å². The van der Waals surface area contributed by atoms with Crippen molar-refractivity contribution in [3.05, 3.63) is 0 Å². The summed E-state index contributed by atoms with van der Waals surface area (Å²) in [4.78, 5) is 19.7. The summed E-state index contributed by atoms with van der Waals surface area (Å²) in [6.07, 6.45) is 7.28. The number of piperidine rings is 2. The van der Waals surface area contributed by atoms with Crippen molar-refractivity contribution in [2.45, 2.75) is 44.6 Å². The molecule has 3 rings (SSSR count). The van der Waals surface area contributed by atoms with Crippen LogP contribution in [0.3, 0.4) is 0 Å². The first-order chi connectivity index (χ1) is 9.74. The van der Waals surface area contributed by atoms with E-state index in [2.05, 4.69) is 21.7 Å². The summed E-state index contributed by atoms with van der Waals surface area (Å²) in [5, 5.41) is 0. The first kappa shape index (κ1) is 14.3. The number of carbonyl (C=O) groups excluding carboxylic acids is 1. The molecule has 0 radical (unpaired) electrons. The van der Waals surface area contributed by atoms with Gasteiger partial charge in [0.1, 0.15) is 0 Å². The maximum Gasteiger partial charge on any atom is 0.226 e. The summed E-state index contributed by atoms with van der Waals surface area (Å²) in [6, 6.07) is 0.723. The molecule has 1 unspecified atom stereocenters. The van der Waals surface area contributed by atoms with E-state index in [0.29, 0.717) is 5.91 Å². The largest absolute Gasteiger partial charge is 0.342 e. The summed E-state index contributed by atoms with van der Waals surface area (Å²) < 4.78 is 0. The molecule has 0 aromatic carbocycles. The van der Waals surface area contributed by atoms with Gasteiger partial charge in [0.05, 0.1) is 5.92 Å². The minimum Gasteiger partial charge on any atom is -0.342 e. The summed E-state index contributed by atoms with van der Waals surface area (Å²) in [5.41, 5.74) is 0. The van der Waals surface area contributed by atoms with Crippen molar-refractivity contribution < 1.29 is 4.79 Å². The molecule has 4 nitrogen and oxygen atoms in total. The predicted molar refractivity (Wildman–Crippen MR) is 80.6 cm³/mol. The third kappa shape index (κ3) is 3.17. The Balaban J connectivity index is 1.54. The minimum absolute atomic E-state index is 0.279. The molecule has 3 heterocycles. The van der Waals surface area contributed by atoms with Gasteiger partial charge in [0.15, 0.2) is 0 Å². The third-order valence-electron chi connectivity index (χ3n) is 5.42. The maximum atomic E-state index is 12.6. The second-order valence-corrected chi connectivity index (χ2v) is 6.90. The Morgan fingerprint density at radius 2 is 1.60 bits per heavy atom. The van der Waals surface area contributed by atoms with E-state index in [1.807, 2.05) is 0 Å². The Hall–Kier alpha value is -0.610. The van der Waals surface area contributed by atoms with Gasteiger partial charge in [0.2, 0.25) is 5.91 Å². The van der Waals surface area contributed by atoms with Crippen LogP contribution in [0, 0.1) is 5.92 Å². The lowest BCUT2D eigenvalue weighted by Gasteiger charge is -2.41. The number of likely N-dealkylation sites (tertiary alicyclic amines) is 3. The van der Waals surface area contributed by atoms with Crippen molar-refractivity contribution in [2.75, 3.05) is 46.3 Å². The highest BCUT2D eigenvalue weighted by atomic mass is 16.2. The van der Waals surface area contributed by atoms with Crippen LogP contribution in [-0.4, -0.2) is 73.0 Å². The Morgan fingerprint density at radius 1 is 0.900 bits per heavy atom. The van der Waals surface area contributed by atoms with Crippen LogP contribution in [0.25, 0.3) is 0 Å². The first-order valence-electron chi connectivity index (χ1n) is 8.45. The lowest BCUT2D eigenvalue weighted by Crippen LogP contribution is -2.50. The molecule has 0 spiro atoms. The van der Waals surface area contributed by atoms with Gasteiger partial charge in [0, 0.05) is 25.7 Å². The van der Waals surface area contributed by atoms with Gasteiger partial charge in [-0.1, -0.05) is 0 Å². The zero-order chi connectivity index (χ0) is 13.9. The van der Waals surface area contributed by atoms with Gasteiger partial charge in [0.25, 0.3) is 0 Å². The van der Waals surface area contributed by atoms with Gasteiger partial charge in [-0.25, -0.2) is 0 Å². The van der Waals surface area contributed by atoms with E-state index < -0.39 is 0 Å². The van der Waals surface area contributed by atoms with Gasteiger partial charge in [-0.2, -0.15) is 0 Å². The fourth-order valence-electron chi connectivity index (χ4n) is 4.10. The van der Waals surface area contributed by atoms with Crippen molar-refractivity contribution in [2.24, 2.45) is 5.92 Å². The first-order valence-corrected chi connectivity index (χ1v) is 8.45. The Bertz CT molecular complexity index is 333. The predicted octanol–water partition coefficient (Wildman–Crippen LogP) is 1.41. The molecule has 3 aliphatic heterocycles. The normalized spacial score (nSPS) is 30.9. The SMILES string of the molecule is CN1CCC(N2CCCC(C(=O)N3CCCC3)C2)CC1. The minimum atomic E-state index is 0.279. The van der Waals surface area contributed by atoms with E-state index in [4.69, 9.17) is 0 Å². The van der Waals surface area contributed by atoms with Crippen LogP contribution in [0.2, 0.25) is 0 Å². The standard InChI is InChI=1S/C16H29N3O/c1-17-11-6-15(7-12-17)19-10-4-5-14(13-19)16(20)18-8-2-3-9-18/h14-15H,2-13H2,1H3. The average molecular weight is 279 g/mol. The zero-order valence-corrected chi connectivity index (χ0v) is 12.9. The van der Waals surface area contributed by atoms with Gasteiger partial charge < -0.3 is 9.80 Å². The molecule has 20 heavy (non-hydrogen) atoms. The molecule has 0 bridgehead atoms. The van der Waals surface area contributed by atoms with Crippen molar-refractivity contribution in [1.82, 2.24) is 14.7 Å². The molecule has 4 heteroatoms. The molecule has 0 aromatic rings. The Morgan fingerprint density at radius 3 is 2.30 bits per heavy atom. The molecule has 1 amide bonds. The van der Waals surface area contributed by atoms with E-state index in [0.717, 1.165) is 32.1 Å². The second kappa shape index (κ2) is 6.44. The molecule has 3 saturated heterocycles. The molecule has 3 aliphatic rings. The number of hydrogen-bond donors (Lipinski definition) is 0. The van der Waals surface area contributed by atoms with E-state index in [1.54, 1.807) is 0 Å². The molecular weight excluding hydrogens is 250 g/mol. The Kier molecular flexibility index (Phi) is 4.61. The second-order valence-electron chi connectivity index (χ2n) is 6.90. The number of carbonyl (C=O) groups is 1. The molecule has 0 N–H and O–H groups in total. The van der Waals surface area contributed by atoms with E-state index in [-0.39, 0.29) is 5.92 Å². The molecule has 114 valence electrons. The van der Waals surface area contributed by atoms with Crippen LogP contribution in [0.4, 0.5) is 0 Å². The van der Waals surface area contributed by atoms with Crippen LogP contribution in [0.15, 0.2) is 0 Å². The van der Waals surface area contributed by atoms with Gasteiger partial charge >= 0.3 is 0 Å². The quantitative estimate of drug-likeness (QED) is 0.765. The van der Waals surface area contributed by atoms with Crippen LogP contribution < -0.4 is 0 Å². The smallest absolute Gasteiger partial charge is 0.226 e. The number of nitrogens with zero attached hydrogens (tertiary/aromatic N) is 3. The van der Waals surface area contributed by atoms with Crippen LogP contribution in [-0.2, 0) is 4.79 Å². The third-order valence-corrected chi connectivity index (χ3v) is 5.42. The summed E-state index contributed by atoms with van der Waals surface area (Å²) in [6.45, 7) is 6.66. The summed E-state index contributed by atoms with van der Waals surface area (Å²) >= 11 is 0. The van der Waals surface area contributed by atoms with Gasteiger partial charge in [-0.3, -0.25) is 9.69 Å². The van der Waals surface area contributed by atoms with Crippen molar-refractivity contribution in [1.29, 1.82) is 0 Å². The highest BCUT2D eigenvalue weighted by molar-refractivity contribution is 5.79. The van der Waals surface area contributed by atoms with Crippen LogP contribution >= 0.6 is 0 Å². The highest BCUT2D eigenvalue weighted by Crippen LogP contribution is 2.25. The van der Waals surface area contributed by atoms with Gasteiger partial charge in [-0.05, 0) is 65.2 Å². The average Bonchev–Trinajstić information content (AvgIpc) is 3.01. The number of hydrogen-bond acceptors (Lipinski definition) is 3. The van der Waals surface area contributed by atoms with Crippen LogP contribution in [0.5, 0.6) is 0 Å². The molecule has 3 fully saturated rings. The molecule has 1 atom stereocenters. The fraction of sp³-hybridized carbons (Fsp3) is 0.938. The fourth-order valence-corrected chi connectivity index (χ4v) is 4.10. The molecular formula is C16H29N3O.